The third-order valence-electron chi connectivity index (χ3n) is 6.95. The molecule has 2 heterocycles. The Morgan fingerprint density at radius 2 is 1.89 bits per heavy atom. The molecule has 1 aromatic heterocycles. The van der Waals surface area contributed by atoms with Crippen molar-refractivity contribution in [1.29, 1.82) is 0 Å². The highest BCUT2D eigenvalue weighted by Crippen LogP contribution is 2.37. The van der Waals surface area contributed by atoms with Gasteiger partial charge in [-0.15, -0.1) is 0 Å². The van der Waals surface area contributed by atoms with Crippen molar-refractivity contribution in [3.8, 4) is 11.1 Å². The first-order valence-corrected chi connectivity index (χ1v) is 13.7. The van der Waals surface area contributed by atoms with Gasteiger partial charge in [-0.25, -0.2) is 12.7 Å². The van der Waals surface area contributed by atoms with E-state index >= 15 is 0 Å². The molecule has 2 aromatic carbocycles. The van der Waals surface area contributed by atoms with Gasteiger partial charge in [0, 0.05) is 37.3 Å². The Hall–Kier alpha value is -2.72. The molecule has 0 aliphatic carbocycles. The molecule has 1 fully saturated rings. The van der Waals surface area contributed by atoms with Crippen LogP contribution in [0.3, 0.4) is 0 Å². The number of nitrogens with zero attached hydrogens (tertiary/aromatic N) is 1. The van der Waals surface area contributed by atoms with Gasteiger partial charge in [0.1, 0.15) is 0 Å². The van der Waals surface area contributed by atoms with Crippen LogP contribution in [0.4, 0.5) is 0 Å². The zero-order valence-electron chi connectivity index (χ0n) is 20.3. The fraction of sp³-hybridized carbons (Fsp3) is 0.423. The number of carbonyl (C=O) groups is 1. The molecule has 35 heavy (non-hydrogen) atoms. The lowest BCUT2D eigenvalue weighted by molar-refractivity contribution is 0.100. The molecule has 3 aromatic rings. The number of benzene rings is 2. The largest absolute Gasteiger partial charge is 0.395 e. The van der Waals surface area contributed by atoms with Gasteiger partial charge in [0.05, 0.1) is 23.4 Å². The van der Waals surface area contributed by atoms with Gasteiger partial charge in [0.25, 0.3) is 5.91 Å². The first kappa shape index (κ1) is 25.4. The topological polar surface area (TPSA) is 129 Å². The zero-order valence-corrected chi connectivity index (χ0v) is 21.1. The number of nitrogens with one attached hydrogen (secondary N) is 2. The number of aromatic amines is 1. The van der Waals surface area contributed by atoms with Crippen LogP contribution in [0.25, 0.3) is 22.0 Å². The number of aromatic nitrogens is 1. The second-order valence-electron chi connectivity index (χ2n) is 9.29. The van der Waals surface area contributed by atoms with E-state index in [1.54, 1.807) is 11.2 Å². The summed E-state index contributed by atoms with van der Waals surface area (Å²) in [5.74, 6) is -0.177. The number of piperidine rings is 1. The first-order chi connectivity index (χ1) is 16.7. The lowest BCUT2D eigenvalue weighted by Gasteiger charge is -2.31. The minimum absolute atomic E-state index is 0.0242. The summed E-state index contributed by atoms with van der Waals surface area (Å²) in [5.41, 5.74) is 11.0. The fourth-order valence-corrected chi connectivity index (χ4v) is 5.88. The van der Waals surface area contributed by atoms with Gasteiger partial charge in [0.15, 0.2) is 0 Å². The smallest absolute Gasteiger partial charge is 0.250 e. The minimum Gasteiger partial charge on any atom is -0.395 e. The number of fused-ring (bicyclic) bond motifs is 1. The van der Waals surface area contributed by atoms with Crippen LogP contribution in [0.1, 0.15) is 54.1 Å². The minimum atomic E-state index is -3.18. The maximum absolute atomic E-state index is 12.3. The first-order valence-electron chi connectivity index (χ1n) is 12.1. The molecule has 0 saturated carbocycles. The quantitative estimate of drug-likeness (QED) is 0.361. The second-order valence-corrected chi connectivity index (χ2v) is 11.5. The highest BCUT2D eigenvalue weighted by molar-refractivity contribution is 7.89. The maximum Gasteiger partial charge on any atom is 0.250 e. The number of primary amides is 1. The molecule has 5 N–H and O–H groups in total. The molecule has 0 unspecified atom stereocenters. The van der Waals surface area contributed by atoms with Crippen LogP contribution in [0, 0.1) is 0 Å². The monoisotopic (exact) mass is 498 g/mol. The van der Waals surface area contributed by atoms with Crippen LogP contribution in [0.5, 0.6) is 0 Å². The zero-order chi connectivity index (χ0) is 25.2. The van der Waals surface area contributed by atoms with Crippen LogP contribution in [0.15, 0.2) is 42.6 Å². The van der Waals surface area contributed by atoms with Crippen molar-refractivity contribution in [1.82, 2.24) is 14.6 Å². The van der Waals surface area contributed by atoms with Gasteiger partial charge < -0.3 is 21.1 Å². The van der Waals surface area contributed by atoms with Crippen molar-refractivity contribution in [3.05, 3.63) is 59.3 Å². The van der Waals surface area contributed by atoms with E-state index in [4.69, 9.17) is 5.73 Å². The van der Waals surface area contributed by atoms with Crippen molar-refractivity contribution in [3.63, 3.8) is 0 Å². The molecule has 1 saturated heterocycles. The summed E-state index contributed by atoms with van der Waals surface area (Å²) in [6.07, 6.45) is 3.40. The number of sulfonamides is 1. The van der Waals surface area contributed by atoms with Gasteiger partial charge in [-0.3, -0.25) is 4.79 Å². The predicted molar refractivity (Wildman–Crippen MR) is 139 cm³/mol. The molecular formula is C26H34N4O4S. The van der Waals surface area contributed by atoms with Crippen LogP contribution < -0.4 is 11.1 Å². The molecule has 0 bridgehead atoms. The van der Waals surface area contributed by atoms with Crippen LogP contribution >= 0.6 is 0 Å². The summed E-state index contributed by atoms with van der Waals surface area (Å²) < 4.78 is 26.1. The molecule has 1 amide bonds. The molecule has 1 aliphatic rings. The van der Waals surface area contributed by atoms with Crippen molar-refractivity contribution in [2.45, 2.75) is 45.2 Å². The number of nitrogens with two attached hydrogens (primary N) is 1. The van der Waals surface area contributed by atoms with Gasteiger partial charge in [-0.05, 0) is 67.0 Å². The van der Waals surface area contributed by atoms with E-state index in [2.05, 4.69) is 16.4 Å². The summed E-state index contributed by atoms with van der Waals surface area (Å²) in [7, 11) is -3.18. The summed E-state index contributed by atoms with van der Waals surface area (Å²) in [6, 6.07) is 12.0. The predicted octanol–water partition coefficient (Wildman–Crippen LogP) is 2.93. The van der Waals surface area contributed by atoms with Crippen molar-refractivity contribution < 1.29 is 18.3 Å². The normalized spacial score (nSPS) is 16.5. The van der Waals surface area contributed by atoms with Crippen molar-refractivity contribution in [2.75, 3.05) is 25.4 Å². The average molecular weight is 499 g/mol. The van der Waals surface area contributed by atoms with E-state index in [0.29, 0.717) is 25.2 Å². The summed E-state index contributed by atoms with van der Waals surface area (Å²) in [6.45, 7) is 5.34. The highest BCUT2D eigenvalue weighted by Gasteiger charge is 2.29. The van der Waals surface area contributed by atoms with Gasteiger partial charge in [-0.2, -0.15) is 0 Å². The second kappa shape index (κ2) is 10.5. The maximum atomic E-state index is 12.3. The number of rotatable bonds is 9. The van der Waals surface area contributed by atoms with E-state index in [-0.39, 0.29) is 24.3 Å². The number of H-pyrrole nitrogens is 1. The molecular weight excluding hydrogens is 464 g/mol. The van der Waals surface area contributed by atoms with E-state index in [9.17, 15) is 18.3 Å². The Balaban J connectivity index is 1.63. The number of amides is 1. The van der Waals surface area contributed by atoms with Crippen molar-refractivity contribution in [2.24, 2.45) is 5.73 Å². The Morgan fingerprint density at radius 3 is 2.49 bits per heavy atom. The van der Waals surface area contributed by atoms with Crippen LogP contribution in [0.2, 0.25) is 0 Å². The highest BCUT2D eigenvalue weighted by atomic mass is 32.2. The van der Waals surface area contributed by atoms with Gasteiger partial charge in [-0.1, -0.05) is 24.3 Å². The number of carbonyl (C=O) groups excluding carboxylic acids is 1. The molecule has 1 aliphatic heterocycles. The lowest BCUT2D eigenvalue weighted by Crippen LogP contribution is -2.38. The number of aliphatic hydroxyl groups excluding tert-OH is 1. The van der Waals surface area contributed by atoms with Gasteiger partial charge in [0.2, 0.25) is 10.0 Å². The summed E-state index contributed by atoms with van der Waals surface area (Å²) in [4.78, 5) is 15.5. The standard InChI is InChI=1S/C26H34N4O4S/c1-3-35(33,34)30-10-8-20(9-11-30)24-15-29-25-22(24)12-21(13-23(25)26(27)32)19-6-4-18(5-7-19)14-28-17(2)16-31/h4-7,12-13,15,17,20,28-29,31H,3,8-11,14,16H2,1-2H3,(H2,27,32)/t17-/m1/s1. The molecule has 4 rings (SSSR count). The molecule has 8 nitrogen and oxygen atoms in total. The van der Waals surface area contributed by atoms with Gasteiger partial charge >= 0.3 is 0 Å². The Kier molecular flexibility index (Phi) is 7.61. The molecule has 188 valence electrons. The molecule has 0 spiro atoms. The third kappa shape index (κ3) is 5.43. The Labute approximate surface area is 206 Å². The summed E-state index contributed by atoms with van der Waals surface area (Å²) >= 11 is 0. The van der Waals surface area contributed by atoms with Crippen molar-refractivity contribution >= 4 is 26.8 Å². The van der Waals surface area contributed by atoms with E-state index in [0.717, 1.165) is 46.0 Å². The van der Waals surface area contributed by atoms with E-state index < -0.39 is 15.9 Å². The Bertz CT molecular complexity index is 1290. The molecule has 0 radical (unpaired) electrons. The number of hydrogen-bond acceptors (Lipinski definition) is 5. The summed E-state index contributed by atoms with van der Waals surface area (Å²) in [5, 5.41) is 13.4. The van der Waals surface area contributed by atoms with E-state index in [1.807, 2.05) is 43.5 Å². The molecule has 9 heteroatoms. The average Bonchev–Trinajstić information content (AvgIpc) is 3.31. The van der Waals surface area contributed by atoms with E-state index in [1.165, 1.54) is 0 Å². The fourth-order valence-electron chi connectivity index (χ4n) is 4.75. The molecule has 1 atom stereocenters. The van der Waals surface area contributed by atoms with Crippen LogP contribution in [-0.2, 0) is 16.6 Å². The Morgan fingerprint density at radius 1 is 1.20 bits per heavy atom. The third-order valence-corrected chi connectivity index (χ3v) is 8.84. The number of aliphatic hydroxyl groups is 1. The van der Waals surface area contributed by atoms with Crippen LogP contribution in [-0.4, -0.2) is 60.2 Å². The lowest BCUT2D eigenvalue weighted by atomic mass is 9.88. The number of hydrogen-bond donors (Lipinski definition) is 4. The SMILES string of the molecule is CCS(=O)(=O)N1CCC(c2c[nH]c3c(C(N)=O)cc(-c4ccc(CN[C@H](C)CO)cc4)cc23)CC1.